The second-order valence-corrected chi connectivity index (χ2v) is 7.44. The van der Waals surface area contributed by atoms with Crippen LogP contribution in [0.5, 0.6) is 5.75 Å². The topological polar surface area (TPSA) is 21.3 Å². The van der Waals surface area contributed by atoms with Gasteiger partial charge in [-0.1, -0.05) is 42.8 Å². The molecule has 0 radical (unpaired) electrons. The molecule has 2 rings (SSSR count). The molecule has 1 aromatic rings. The number of halogens is 1. The Labute approximate surface area is 131 Å². The van der Waals surface area contributed by atoms with Crippen LogP contribution in [-0.2, 0) is 0 Å². The molecule has 1 atom stereocenters. The van der Waals surface area contributed by atoms with E-state index in [1.54, 1.807) is 0 Å². The molecule has 0 amide bonds. The predicted molar refractivity (Wildman–Crippen MR) is 88.2 cm³/mol. The Morgan fingerprint density at radius 1 is 1.40 bits per heavy atom. The summed E-state index contributed by atoms with van der Waals surface area (Å²) in [6, 6.07) is 8.64. The van der Waals surface area contributed by atoms with Crippen LogP contribution in [0.3, 0.4) is 0 Å². The van der Waals surface area contributed by atoms with Gasteiger partial charge < -0.3 is 10.1 Å². The van der Waals surface area contributed by atoms with Gasteiger partial charge in [-0.05, 0) is 48.8 Å². The van der Waals surface area contributed by atoms with Crippen molar-refractivity contribution < 1.29 is 4.74 Å². The average Bonchev–Trinajstić information content (AvgIpc) is 3.21. The van der Waals surface area contributed by atoms with Crippen LogP contribution in [0.4, 0.5) is 0 Å². The summed E-state index contributed by atoms with van der Waals surface area (Å²) in [4.78, 5) is 0. The molecule has 0 saturated heterocycles. The first-order chi connectivity index (χ1) is 9.49. The maximum atomic E-state index is 5.91. The Balaban J connectivity index is 1.83. The summed E-state index contributed by atoms with van der Waals surface area (Å²) in [5.74, 6) is 1.83. The molecule has 20 heavy (non-hydrogen) atoms. The van der Waals surface area contributed by atoms with E-state index in [0.717, 1.165) is 35.7 Å². The number of benzene rings is 1. The van der Waals surface area contributed by atoms with Crippen LogP contribution in [0, 0.1) is 11.3 Å². The van der Waals surface area contributed by atoms with Crippen LogP contribution in [0.1, 0.15) is 40.0 Å². The van der Waals surface area contributed by atoms with E-state index in [2.05, 4.69) is 42.0 Å². The lowest BCUT2D eigenvalue weighted by Gasteiger charge is -2.31. The van der Waals surface area contributed by atoms with E-state index in [1.807, 2.05) is 24.3 Å². The maximum Gasteiger partial charge on any atom is 0.120 e. The summed E-state index contributed by atoms with van der Waals surface area (Å²) in [6.07, 6.45) is 3.88. The first-order valence-electron chi connectivity index (χ1n) is 7.61. The zero-order valence-electron chi connectivity index (χ0n) is 12.8. The van der Waals surface area contributed by atoms with Crippen molar-refractivity contribution in [3.8, 4) is 5.75 Å². The van der Waals surface area contributed by atoms with Gasteiger partial charge in [0.1, 0.15) is 5.75 Å². The molecule has 1 aliphatic carbocycles. The van der Waals surface area contributed by atoms with Crippen LogP contribution in [-0.4, -0.2) is 19.2 Å². The summed E-state index contributed by atoms with van der Waals surface area (Å²) in [7, 11) is 0. The van der Waals surface area contributed by atoms with Crippen LogP contribution in [0.15, 0.2) is 28.7 Å². The third-order valence-electron chi connectivity index (χ3n) is 4.22. The first kappa shape index (κ1) is 15.8. The monoisotopic (exact) mass is 339 g/mol. The second kappa shape index (κ2) is 6.95. The molecule has 0 spiro atoms. The zero-order chi connectivity index (χ0) is 14.6. The quantitative estimate of drug-likeness (QED) is 0.745. The smallest absolute Gasteiger partial charge is 0.120 e. The lowest BCUT2D eigenvalue weighted by Crippen LogP contribution is -2.38. The predicted octanol–water partition coefficient (Wildman–Crippen LogP) is 4.63. The van der Waals surface area contributed by atoms with Crippen LogP contribution >= 0.6 is 15.9 Å². The standard InChI is InChI=1S/C17H26BrNO/c1-13(2)19-12-17(3,14-7-8-14)9-10-20-16-6-4-5-15(18)11-16/h4-6,11,13-14,19H,7-10,12H2,1-3H3. The Hall–Kier alpha value is -0.540. The maximum absolute atomic E-state index is 5.91. The summed E-state index contributed by atoms with van der Waals surface area (Å²) < 4.78 is 6.98. The fraction of sp³-hybridized carbons (Fsp3) is 0.647. The average molecular weight is 340 g/mol. The van der Waals surface area contributed by atoms with E-state index in [9.17, 15) is 0 Å². The van der Waals surface area contributed by atoms with E-state index < -0.39 is 0 Å². The van der Waals surface area contributed by atoms with Gasteiger partial charge in [-0.15, -0.1) is 0 Å². The van der Waals surface area contributed by atoms with Gasteiger partial charge >= 0.3 is 0 Å². The normalized spacial score (nSPS) is 18.1. The van der Waals surface area contributed by atoms with Crippen molar-refractivity contribution in [1.29, 1.82) is 0 Å². The van der Waals surface area contributed by atoms with Crippen molar-refractivity contribution in [2.24, 2.45) is 11.3 Å². The highest BCUT2D eigenvalue weighted by molar-refractivity contribution is 9.10. The van der Waals surface area contributed by atoms with E-state index in [0.29, 0.717) is 11.5 Å². The van der Waals surface area contributed by atoms with Crippen LogP contribution < -0.4 is 10.1 Å². The highest BCUT2D eigenvalue weighted by Gasteiger charge is 2.40. The Morgan fingerprint density at radius 2 is 2.15 bits per heavy atom. The number of nitrogens with one attached hydrogen (secondary N) is 1. The SMILES string of the molecule is CC(C)NCC(C)(CCOc1cccc(Br)c1)C1CC1. The number of hydrogen-bond donors (Lipinski definition) is 1. The third-order valence-corrected chi connectivity index (χ3v) is 4.71. The zero-order valence-corrected chi connectivity index (χ0v) is 14.4. The second-order valence-electron chi connectivity index (χ2n) is 6.52. The highest BCUT2D eigenvalue weighted by atomic mass is 79.9. The minimum Gasteiger partial charge on any atom is -0.494 e. The molecule has 1 saturated carbocycles. The molecule has 1 aliphatic rings. The molecule has 0 bridgehead atoms. The van der Waals surface area contributed by atoms with Gasteiger partial charge in [0.05, 0.1) is 6.61 Å². The third kappa shape index (κ3) is 4.78. The van der Waals surface area contributed by atoms with Gasteiger partial charge in [0.25, 0.3) is 0 Å². The van der Waals surface area contributed by atoms with Crippen molar-refractivity contribution >= 4 is 15.9 Å². The molecule has 1 fully saturated rings. The minimum atomic E-state index is 0.371. The number of ether oxygens (including phenoxy) is 1. The highest BCUT2D eigenvalue weighted by Crippen LogP contribution is 2.47. The lowest BCUT2D eigenvalue weighted by atomic mass is 9.81. The summed E-state index contributed by atoms with van der Waals surface area (Å²) in [5, 5.41) is 3.60. The fourth-order valence-corrected chi connectivity index (χ4v) is 2.99. The molecule has 0 aliphatic heterocycles. The van der Waals surface area contributed by atoms with Crippen LogP contribution in [0.2, 0.25) is 0 Å². The Bertz CT molecular complexity index is 431. The molecular formula is C17H26BrNO. The van der Waals surface area contributed by atoms with Gasteiger partial charge in [-0.2, -0.15) is 0 Å². The molecule has 3 heteroatoms. The summed E-state index contributed by atoms with van der Waals surface area (Å²) in [6.45, 7) is 8.72. The molecule has 2 nitrogen and oxygen atoms in total. The van der Waals surface area contributed by atoms with Gasteiger partial charge in [-0.25, -0.2) is 0 Å². The molecule has 0 heterocycles. The van der Waals surface area contributed by atoms with Crippen LogP contribution in [0.25, 0.3) is 0 Å². The van der Waals surface area contributed by atoms with Gasteiger partial charge in [-0.3, -0.25) is 0 Å². The molecule has 1 aromatic carbocycles. The fourth-order valence-electron chi connectivity index (χ4n) is 2.61. The lowest BCUT2D eigenvalue weighted by molar-refractivity contribution is 0.177. The molecule has 0 aromatic heterocycles. The van der Waals surface area contributed by atoms with E-state index in [1.165, 1.54) is 12.8 Å². The van der Waals surface area contributed by atoms with Gasteiger partial charge in [0.15, 0.2) is 0 Å². The summed E-state index contributed by atoms with van der Waals surface area (Å²) >= 11 is 3.48. The number of rotatable bonds is 8. The molecular weight excluding hydrogens is 314 g/mol. The van der Waals surface area contributed by atoms with Crippen molar-refractivity contribution in [3.63, 3.8) is 0 Å². The van der Waals surface area contributed by atoms with Crippen molar-refractivity contribution in [3.05, 3.63) is 28.7 Å². The largest absolute Gasteiger partial charge is 0.494 e. The Morgan fingerprint density at radius 3 is 2.75 bits per heavy atom. The van der Waals surface area contributed by atoms with E-state index in [-0.39, 0.29) is 0 Å². The Kier molecular flexibility index (Phi) is 5.50. The van der Waals surface area contributed by atoms with Crippen molar-refractivity contribution in [2.75, 3.05) is 13.2 Å². The van der Waals surface area contributed by atoms with Crippen molar-refractivity contribution in [2.45, 2.75) is 46.1 Å². The van der Waals surface area contributed by atoms with Crippen molar-refractivity contribution in [1.82, 2.24) is 5.32 Å². The van der Waals surface area contributed by atoms with Gasteiger partial charge in [0.2, 0.25) is 0 Å². The summed E-state index contributed by atoms with van der Waals surface area (Å²) in [5.41, 5.74) is 0.371. The van der Waals surface area contributed by atoms with Gasteiger partial charge in [0, 0.05) is 17.1 Å². The number of hydrogen-bond acceptors (Lipinski definition) is 2. The minimum absolute atomic E-state index is 0.371. The van der Waals surface area contributed by atoms with E-state index in [4.69, 9.17) is 4.74 Å². The molecule has 112 valence electrons. The van der Waals surface area contributed by atoms with E-state index >= 15 is 0 Å². The molecule has 1 N–H and O–H groups in total. The molecule has 1 unspecified atom stereocenters. The first-order valence-corrected chi connectivity index (χ1v) is 8.41.